The number of hydrogen-bond acceptors (Lipinski definition) is 3. The third-order valence-electron chi connectivity index (χ3n) is 3.96. The zero-order valence-electron chi connectivity index (χ0n) is 12.4. The molecule has 0 spiro atoms. The third-order valence-corrected chi connectivity index (χ3v) is 5.37. The molecule has 2 nitrogen and oxygen atoms in total. The van der Waals surface area contributed by atoms with E-state index in [1.165, 1.54) is 36.3 Å². The summed E-state index contributed by atoms with van der Waals surface area (Å²) in [4.78, 5) is 6.41. The van der Waals surface area contributed by atoms with Gasteiger partial charge in [0, 0.05) is 27.9 Å². The zero-order chi connectivity index (χ0) is 14.7. The second-order valence-electron chi connectivity index (χ2n) is 5.63. The number of rotatable bonds is 5. The van der Waals surface area contributed by atoms with Crippen LogP contribution in [0.3, 0.4) is 0 Å². The van der Waals surface area contributed by atoms with E-state index in [-0.39, 0.29) is 0 Å². The molecule has 1 unspecified atom stereocenters. The van der Waals surface area contributed by atoms with Crippen LogP contribution in [0.25, 0.3) is 10.6 Å². The van der Waals surface area contributed by atoms with Gasteiger partial charge >= 0.3 is 0 Å². The van der Waals surface area contributed by atoms with Crippen LogP contribution in [0.15, 0.2) is 24.3 Å². The van der Waals surface area contributed by atoms with Crippen molar-refractivity contribution in [1.29, 1.82) is 0 Å². The zero-order valence-corrected chi connectivity index (χ0v) is 13.9. The summed E-state index contributed by atoms with van der Waals surface area (Å²) in [5.41, 5.74) is 2.46. The molecule has 3 rings (SSSR count). The van der Waals surface area contributed by atoms with E-state index in [4.69, 9.17) is 16.6 Å². The lowest BCUT2D eigenvalue weighted by Crippen LogP contribution is -2.24. The predicted molar refractivity (Wildman–Crippen MR) is 91.4 cm³/mol. The summed E-state index contributed by atoms with van der Waals surface area (Å²) in [6.07, 6.45) is 4.90. The van der Waals surface area contributed by atoms with E-state index < -0.39 is 0 Å². The first-order chi connectivity index (χ1) is 10.3. The van der Waals surface area contributed by atoms with Crippen molar-refractivity contribution < 1.29 is 0 Å². The molecule has 112 valence electrons. The molecule has 0 amide bonds. The first-order valence-corrected chi connectivity index (χ1v) is 8.93. The number of aromatic nitrogens is 1. The highest BCUT2D eigenvalue weighted by molar-refractivity contribution is 7.15. The number of nitrogens with zero attached hydrogens (tertiary/aromatic N) is 1. The van der Waals surface area contributed by atoms with E-state index in [2.05, 4.69) is 18.3 Å². The first-order valence-electron chi connectivity index (χ1n) is 7.74. The quantitative estimate of drug-likeness (QED) is 0.794. The maximum Gasteiger partial charge on any atom is 0.123 e. The molecule has 2 aromatic rings. The Balaban J connectivity index is 1.83. The Morgan fingerprint density at radius 1 is 1.43 bits per heavy atom. The molecule has 4 heteroatoms. The van der Waals surface area contributed by atoms with Gasteiger partial charge < -0.3 is 5.32 Å². The van der Waals surface area contributed by atoms with Gasteiger partial charge in [0.05, 0.1) is 5.69 Å². The van der Waals surface area contributed by atoms with Crippen molar-refractivity contribution in [3.63, 3.8) is 0 Å². The minimum Gasteiger partial charge on any atom is -0.316 e. The van der Waals surface area contributed by atoms with Crippen LogP contribution in [0.1, 0.15) is 42.7 Å². The minimum absolute atomic E-state index is 0.574. The Kier molecular flexibility index (Phi) is 4.94. The van der Waals surface area contributed by atoms with Crippen molar-refractivity contribution >= 4 is 22.9 Å². The van der Waals surface area contributed by atoms with E-state index in [9.17, 15) is 0 Å². The molecule has 1 aromatic heterocycles. The van der Waals surface area contributed by atoms with Gasteiger partial charge in [-0.25, -0.2) is 4.98 Å². The largest absolute Gasteiger partial charge is 0.316 e. The molecule has 21 heavy (non-hydrogen) atoms. The lowest BCUT2D eigenvalue weighted by molar-refractivity contribution is 0.502. The van der Waals surface area contributed by atoms with Gasteiger partial charge in [0.15, 0.2) is 0 Å². The fourth-order valence-electron chi connectivity index (χ4n) is 2.90. The molecule has 1 aliphatic rings. The Bertz CT molecular complexity index is 609. The van der Waals surface area contributed by atoms with E-state index in [1.54, 1.807) is 0 Å². The van der Waals surface area contributed by atoms with Crippen LogP contribution in [0.5, 0.6) is 0 Å². The van der Waals surface area contributed by atoms with E-state index >= 15 is 0 Å². The lowest BCUT2D eigenvalue weighted by Gasteiger charge is -2.21. The molecule has 1 atom stereocenters. The Labute approximate surface area is 135 Å². The van der Waals surface area contributed by atoms with Gasteiger partial charge in [-0.15, -0.1) is 11.3 Å². The summed E-state index contributed by atoms with van der Waals surface area (Å²) in [6, 6.07) is 8.02. The Morgan fingerprint density at radius 3 is 3.14 bits per heavy atom. The van der Waals surface area contributed by atoms with Crippen LogP contribution >= 0.6 is 22.9 Å². The second-order valence-corrected chi connectivity index (χ2v) is 7.15. The molecule has 1 heterocycles. The number of hydrogen-bond donors (Lipinski definition) is 1. The van der Waals surface area contributed by atoms with E-state index in [1.807, 2.05) is 29.5 Å². The fraction of sp³-hybridized carbons (Fsp3) is 0.471. The van der Waals surface area contributed by atoms with E-state index in [0.717, 1.165) is 28.7 Å². The normalized spacial score (nSPS) is 17.7. The van der Waals surface area contributed by atoms with Crippen molar-refractivity contribution in [1.82, 2.24) is 10.3 Å². The number of nitrogens with one attached hydrogen (secondary N) is 1. The molecule has 0 saturated carbocycles. The number of fused-ring (bicyclic) bond motifs is 1. The monoisotopic (exact) mass is 320 g/mol. The average molecular weight is 321 g/mol. The summed E-state index contributed by atoms with van der Waals surface area (Å²) >= 11 is 7.94. The SMILES string of the molecule is CCCNCC1CCCc2sc(-c3cccc(Cl)c3)nc21. The van der Waals surface area contributed by atoms with Gasteiger partial charge in [-0.1, -0.05) is 30.7 Å². The summed E-state index contributed by atoms with van der Waals surface area (Å²) in [5, 5.41) is 5.44. The van der Waals surface area contributed by atoms with Crippen molar-refractivity contribution in [2.45, 2.75) is 38.5 Å². The Morgan fingerprint density at radius 2 is 2.33 bits per heavy atom. The number of benzene rings is 1. The van der Waals surface area contributed by atoms with E-state index in [0.29, 0.717) is 5.92 Å². The number of aryl methyl sites for hydroxylation is 1. The molecule has 0 radical (unpaired) electrons. The standard InChI is InChI=1S/C17H21ClN2S/c1-2-9-19-11-13-6-4-8-15-16(13)20-17(21-15)12-5-3-7-14(18)10-12/h3,5,7,10,13,19H,2,4,6,8-9,11H2,1H3. The maximum atomic E-state index is 6.10. The van der Waals surface area contributed by atoms with Crippen LogP contribution in [0.4, 0.5) is 0 Å². The van der Waals surface area contributed by atoms with Gasteiger partial charge in [0.2, 0.25) is 0 Å². The molecule has 0 bridgehead atoms. The van der Waals surface area contributed by atoms with Crippen LogP contribution in [-0.2, 0) is 6.42 Å². The predicted octanol–water partition coefficient (Wildman–Crippen LogP) is 4.88. The molecule has 1 aliphatic carbocycles. The summed E-state index contributed by atoms with van der Waals surface area (Å²) in [5.74, 6) is 0.574. The van der Waals surface area contributed by atoms with Gasteiger partial charge in [-0.2, -0.15) is 0 Å². The van der Waals surface area contributed by atoms with Crippen LogP contribution in [0.2, 0.25) is 5.02 Å². The lowest BCUT2D eigenvalue weighted by atomic mass is 9.91. The second kappa shape index (κ2) is 6.91. The van der Waals surface area contributed by atoms with Crippen LogP contribution < -0.4 is 5.32 Å². The molecular formula is C17H21ClN2S. The number of thiazole rings is 1. The molecule has 0 saturated heterocycles. The molecule has 1 aromatic carbocycles. The summed E-state index contributed by atoms with van der Waals surface area (Å²) in [7, 11) is 0. The van der Waals surface area contributed by atoms with Gasteiger partial charge in [-0.05, 0) is 44.4 Å². The number of halogens is 1. The highest BCUT2D eigenvalue weighted by Gasteiger charge is 2.24. The van der Waals surface area contributed by atoms with Gasteiger partial charge in [0.25, 0.3) is 0 Å². The fourth-order valence-corrected chi connectivity index (χ4v) is 4.28. The van der Waals surface area contributed by atoms with Crippen molar-refractivity contribution in [3.05, 3.63) is 39.9 Å². The smallest absolute Gasteiger partial charge is 0.123 e. The average Bonchev–Trinajstić information content (AvgIpc) is 2.92. The first kappa shape index (κ1) is 15.0. The third kappa shape index (κ3) is 3.47. The molecule has 1 N–H and O–H groups in total. The molecular weight excluding hydrogens is 300 g/mol. The maximum absolute atomic E-state index is 6.10. The highest BCUT2D eigenvalue weighted by Crippen LogP contribution is 2.38. The van der Waals surface area contributed by atoms with Crippen LogP contribution in [-0.4, -0.2) is 18.1 Å². The van der Waals surface area contributed by atoms with Crippen molar-refractivity contribution in [3.8, 4) is 10.6 Å². The summed E-state index contributed by atoms with van der Waals surface area (Å²) in [6.45, 7) is 4.36. The van der Waals surface area contributed by atoms with Crippen molar-refractivity contribution in [2.75, 3.05) is 13.1 Å². The molecule has 0 aliphatic heterocycles. The topological polar surface area (TPSA) is 24.9 Å². The van der Waals surface area contributed by atoms with Gasteiger partial charge in [0.1, 0.15) is 5.01 Å². The summed E-state index contributed by atoms with van der Waals surface area (Å²) < 4.78 is 0. The Hall–Kier alpha value is -0.900. The van der Waals surface area contributed by atoms with Gasteiger partial charge in [-0.3, -0.25) is 0 Å². The molecule has 0 fully saturated rings. The minimum atomic E-state index is 0.574. The van der Waals surface area contributed by atoms with Crippen molar-refractivity contribution in [2.24, 2.45) is 0 Å². The highest BCUT2D eigenvalue weighted by atomic mass is 35.5. The van der Waals surface area contributed by atoms with Crippen LogP contribution in [0, 0.1) is 0 Å².